The van der Waals surface area contributed by atoms with E-state index in [2.05, 4.69) is 19.2 Å². The number of hydrogen-bond acceptors (Lipinski definition) is 2. The van der Waals surface area contributed by atoms with Crippen molar-refractivity contribution in [2.45, 2.75) is 26.7 Å². The van der Waals surface area contributed by atoms with Gasteiger partial charge in [0.25, 0.3) is 0 Å². The van der Waals surface area contributed by atoms with E-state index in [0.717, 1.165) is 12.0 Å². The van der Waals surface area contributed by atoms with E-state index >= 15 is 0 Å². The van der Waals surface area contributed by atoms with Crippen molar-refractivity contribution in [3.05, 3.63) is 33.8 Å². The highest BCUT2D eigenvalue weighted by atomic mass is 35.5. The molecule has 1 amide bonds. The SMILES string of the molecule is CC(C)CC(CN)C(=O)NCCc1ccc(Cl)cc1Cl. The van der Waals surface area contributed by atoms with Crippen molar-refractivity contribution in [2.75, 3.05) is 13.1 Å². The van der Waals surface area contributed by atoms with Gasteiger partial charge in [0.2, 0.25) is 5.91 Å². The molecule has 0 aliphatic rings. The summed E-state index contributed by atoms with van der Waals surface area (Å²) in [4.78, 5) is 12.0. The van der Waals surface area contributed by atoms with Gasteiger partial charge in [-0.25, -0.2) is 0 Å². The maximum atomic E-state index is 12.0. The van der Waals surface area contributed by atoms with Crippen molar-refractivity contribution >= 4 is 29.1 Å². The molecule has 0 saturated heterocycles. The zero-order valence-electron chi connectivity index (χ0n) is 12.0. The number of nitrogens with two attached hydrogens (primary N) is 1. The molecule has 1 atom stereocenters. The predicted molar refractivity (Wildman–Crippen MR) is 85.2 cm³/mol. The Kier molecular flexibility index (Phi) is 7.35. The topological polar surface area (TPSA) is 55.1 Å². The molecule has 0 aliphatic carbocycles. The first-order valence-electron chi connectivity index (χ1n) is 6.85. The summed E-state index contributed by atoms with van der Waals surface area (Å²) in [6.45, 7) is 5.10. The third-order valence-electron chi connectivity index (χ3n) is 3.12. The molecule has 5 heteroatoms. The lowest BCUT2D eigenvalue weighted by atomic mass is 9.96. The number of amides is 1. The molecule has 1 unspecified atom stereocenters. The summed E-state index contributed by atoms with van der Waals surface area (Å²) in [7, 11) is 0. The van der Waals surface area contributed by atoms with Crippen LogP contribution >= 0.6 is 23.2 Å². The molecule has 112 valence electrons. The Labute approximate surface area is 130 Å². The molecule has 1 aromatic carbocycles. The first kappa shape index (κ1) is 17.3. The van der Waals surface area contributed by atoms with Crippen LogP contribution in [0.3, 0.4) is 0 Å². The van der Waals surface area contributed by atoms with E-state index in [4.69, 9.17) is 28.9 Å². The fraction of sp³-hybridized carbons (Fsp3) is 0.533. The Morgan fingerprint density at radius 3 is 2.60 bits per heavy atom. The molecular formula is C15H22Cl2N2O. The normalized spacial score (nSPS) is 12.5. The van der Waals surface area contributed by atoms with Gasteiger partial charge in [0, 0.05) is 23.1 Å². The summed E-state index contributed by atoms with van der Waals surface area (Å²) in [6.07, 6.45) is 1.49. The molecule has 1 rings (SSSR count). The van der Waals surface area contributed by atoms with Crippen LogP contribution in [0.25, 0.3) is 0 Å². The summed E-state index contributed by atoms with van der Waals surface area (Å²) in [5.74, 6) is 0.363. The van der Waals surface area contributed by atoms with Crippen molar-refractivity contribution in [3.63, 3.8) is 0 Å². The minimum atomic E-state index is -0.115. The van der Waals surface area contributed by atoms with E-state index in [9.17, 15) is 4.79 Å². The second kappa shape index (κ2) is 8.50. The van der Waals surface area contributed by atoms with Gasteiger partial charge in [0.1, 0.15) is 0 Å². The van der Waals surface area contributed by atoms with E-state index in [-0.39, 0.29) is 11.8 Å². The van der Waals surface area contributed by atoms with Gasteiger partial charge in [0.15, 0.2) is 0 Å². The number of carbonyl (C=O) groups is 1. The first-order chi connectivity index (χ1) is 9.43. The molecule has 3 nitrogen and oxygen atoms in total. The molecule has 0 saturated carbocycles. The highest BCUT2D eigenvalue weighted by molar-refractivity contribution is 6.35. The lowest BCUT2D eigenvalue weighted by Crippen LogP contribution is -2.36. The van der Waals surface area contributed by atoms with Crippen LogP contribution in [0.5, 0.6) is 0 Å². The fourth-order valence-corrected chi connectivity index (χ4v) is 2.57. The highest BCUT2D eigenvalue weighted by Crippen LogP contribution is 2.21. The average Bonchev–Trinajstić information content (AvgIpc) is 2.38. The van der Waals surface area contributed by atoms with Crippen LogP contribution in [0.2, 0.25) is 10.0 Å². The van der Waals surface area contributed by atoms with Crippen LogP contribution in [0.15, 0.2) is 18.2 Å². The van der Waals surface area contributed by atoms with Crippen molar-refractivity contribution in [3.8, 4) is 0 Å². The second-order valence-corrected chi connectivity index (χ2v) is 6.18. The maximum absolute atomic E-state index is 12.0. The number of benzene rings is 1. The van der Waals surface area contributed by atoms with Gasteiger partial charge in [-0.15, -0.1) is 0 Å². The molecule has 0 spiro atoms. The number of carbonyl (C=O) groups excluding carboxylic acids is 1. The van der Waals surface area contributed by atoms with E-state index in [1.54, 1.807) is 12.1 Å². The molecule has 0 bridgehead atoms. The van der Waals surface area contributed by atoms with Crippen LogP contribution in [-0.4, -0.2) is 19.0 Å². The Morgan fingerprint density at radius 1 is 1.35 bits per heavy atom. The molecule has 3 N–H and O–H groups in total. The maximum Gasteiger partial charge on any atom is 0.224 e. The number of nitrogens with one attached hydrogen (secondary N) is 1. The predicted octanol–water partition coefficient (Wildman–Crippen LogP) is 3.27. The van der Waals surface area contributed by atoms with Gasteiger partial charge in [-0.05, 0) is 36.5 Å². The van der Waals surface area contributed by atoms with E-state index in [1.165, 1.54) is 0 Å². The van der Waals surface area contributed by atoms with Gasteiger partial charge in [-0.3, -0.25) is 4.79 Å². The largest absolute Gasteiger partial charge is 0.355 e. The minimum absolute atomic E-state index is 0.0197. The van der Waals surface area contributed by atoms with E-state index in [0.29, 0.717) is 35.5 Å². The lowest BCUT2D eigenvalue weighted by molar-refractivity contribution is -0.125. The summed E-state index contributed by atoms with van der Waals surface area (Å²) < 4.78 is 0. The second-order valence-electron chi connectivity index (χ2n) is 5.34. The smallest absolute Gasteiger partial charge is 0.224 e. The molecule has 0 heterocycles. The van der Waals surface area contributed by atoms with Crippen LogP contribution < -0.4 is 11.1 Å². The van der Waals surface area contributed by atoms with Gasteiger partial charge in [-0.1, -0.05) is 43.1 Å². The average molecular weight is 317 g/mol. The van der Waals surface area contributed by atoms with Gasteiger partial charge in [-0.2, -0.15) is 0 Å². The molecule has 0 aliphatic heterocycles. The van der Waals surface area contributed by atoms with Crippen LogP contribution in [0.4, 0.5) is 0 Å². The van der Waals surface area contributed by atoms with E-state index in [1.807, 2.05) is 6.07 Å². The third kappa shape index (κ3) is 5.70. The first-order valence-corrected chi connectivity index (χ1v) is 7.61. The van der Waals surface area contributed by atoms with Gasteiger partial charge < -0.3 is 11.1 Å². The fourth-order valence-electron chi connectivity index (χ4n) is 2.07. The molecule has 1 aromatic rings. The summed E-state index contributed by atoms with van der Waals surface area (Å²) in [5.41, 5.74) is 6.63. The quantitative estimate of drug-likeness (QED) is 0.811. The van der Waals surface area contributed by atoms with Gasteiger partial charge in [0.05, 0.1) is 5.92 Å². The summed E-state index contributed by atoms with van der Waals surface area (Å²) in [5, 5.41) is 4.16. The Bertz CT molecular complexity index is 449. The summed E-state index contributed by atoms with van der Waals surface area (Å²) >= 11 is 11.9. The number of hydrogen-bond donors (Lipinski definition) is 2. The minimum Gasteiger partial charge on any atom is -0.355 e. The molecule has 0 fully saturated rings. The molecule has 20 heavy (non-hydrogen) atoms. The Balaban J connectivity index is 2.44. The lowest BCUT2D eigenvalue weighted by Gasteiger charge is -2.17. The summed E-state index contributed by atoms with van der Waals surface area (Å²) in [6, 6.07) is 5.39. The van der Waals surface area contributed by atoms with Crippen molar-refractivity contribution < 1.29 is 4.79 Å². The molecule has 0 aromatic heterocycles. The van der Waals surface area contributed by atoms with Crippen molar-refractivity contribution in [2.24, 2.45) is 17.6 Å². The zero-order chi connectivity index (χ0) is 15.1. The standard InChI is InChI=1S/C15H22Cl2N2O/c1-10(2)7-12(9-18)15(20)19-6-5-11-3-4-13(16)8-14(11)17/h3-4,8,10,12H,5-7,9,18H2,1-2H3,(H,19,20). The highest BCUT2D eigenvalue weighted by Gasteiger charge is 2.17. The van der Waals surface area contributed by atoms with Crippen LogP contribution in [0, 0.1) is 11.8 Å². The van der Waals surface area contributed by atoms with Gasteiger partial charge >= 0.3 is 0 Å². The van der Waals surface area contributed by atoms with Crippen molar-refractivity contribution in [1.29, 1.82) is 0 Å². The monoisotopic (exact) mass is 316 g/mol. The Morgan fingerprint density at radius 2 is 2.05 bits per heavy atom. The molecular weight excluding hydrogens is 295 g/mol. The van der Waals surface area contributed by atoms with E-state index < -0.39 is 0 Å². The Hall–Kier alpha value is -0.770. The number of rotatable bonds is 7. The third-order valence-corrected chi connectivity index (χ3v) is 3.71. The van der Waals surface area contributed by atoms with Crippen LogP contribution in [-0.2, 0) is 11.2 Å². The molecule has 0 radical (unpaired) electrons. The zero-order valence-corrected chi connectivity index (χ0v) is 13.5. The van der Waals surface area contributed by atoms with Crippen molar-refractivity contribution in [1.82, 2.24) is 5.32 Å². The van der Waals surface area contributed by atoms with Crippen LogP contribution in [0.1, 0.15) is 25.8 Å². The number of halogens is 2.